The number of hydrogen-bond acceptors (Lipinski definition) is 4. The fourth-order valence-corrected chi connectivity index (χ4v) is 3.21. The van der Waals surface area contributed by atoms with Crippen molar-refractivity contribution in [1.29, 1.82) is 0 Å². The van der Waals surface area contributed by atoms with Crippen LogP contribution < -0.4 is 0 Å². The molecule has 0 radical (unpaired) electrons. The molecule has 1 atom stereocenters. The molecule has 0 saturated heterocycles. The molecule has 1 aliphatic rings. The summed E-state index contributed by atoms with van der Waals surface area (Å²) in [4.78, 5) is 28.1. The molecule has 5 heteroatoms. The molecule has 0 aliphatic heterocycles. The largest absolute Gasteiger partial charge is 0.469 e. The van der Waals surface area contributed by atoms with Gasteiger partial charge in [-0.3, -0.25) is 9.59 Å². The summed E-state index contributed by atoms with van der Waals surface area (Å²) < 4.78 is 4.79. The summed E-state index contributed by atoms with van der Waals surface area (Å²) in [5.74, 6) is 0.357. The number of carbonyl (C=O) groups is 2. The number of rotatable bonds is 9. The molecule has 1 amide bonds. The molecule has 5 nitrogen and oxygen atoms in total. The molecular formula is C18H34N2O3. The standard InChI is InChI=1S/C18H34N2O3/c1-15(18(22)23-4)14-20(13-12-19(2)3)17(21)11-10-16-8-6-5-7-9-16/h15-16H,5-14H2,1-4H3. The van der Waals surface area contributed by atoms with Gasteiger partial charge in [-0.2, -0.15) is 0 Å². The molecule has 1 fully saturated rings. The van der Waals surface area contributed by atoms with Crippen molar-refractivity contribution in [3.05, 3.63) is 0 Å². The summed E-state index contributed by atoms with van der Waals surface area (Å²) in [7, 11) is 5.39. The van der Waals surface area contributed by atoms with E-state index in [9.17, 15) is 9.59 Å². The third kappa shape index (κ3) is 7.82. The van der Waals surface area contributed by atoms with Crippen molar-refractivity contribution >= 4 is 11.9 Å². The van der Waals surface area contributed by atoms with Gasteiger partial charge in [0, 0.05) is 26.1 Å². The van der Waals surface area contributed by atoms with E-state index in [1.54, 1.807) is 0 Å². The quantitative estimate of drug-likeness (QED) is 0.611. The fourth-order valence-electron chi connectivity index (χ4n) is 3.21. The van der Waals surface area contributed by atoms with Crippen molar-refractivity contribution in [2.45, 2.75) is 51.9 Å². The second-order valence-corrected chi connectivity index (χ2v) is 7.11. The van der Waals surface area contributed by atoms with E-state index in [2.05, 4.69) is 4.90 Å². The van der Waals surface area contributed by atoms with Gasteiger partial charge in [0.2, 0.25) is 5.91 Å². The molecule has 0 aromatic heterocycles. The molecule has 0 bridgehead atoms. The number of carbonyl (C=O) groups excluding carboxylic acids is 2. The van der Waals surface area contributed by atoms with E-state index in [1.807, 2.05) is 25.9 Å². The molecular weight excluding hydrogens is 292 g/mol. The minimum atomic E-state index is -0.277. The Hall–Kier alpha value is -1.10. The molecule has 134 valence electrons. The molecule has 1 saturated carbocycles. The summed E-state index contributed by atoms with van der Waals surface area (Å²) in [6.45, 7) is 3.74. The maximum atomic E-state index is 12.6. The van der Waals surface area contributed by atoms with Gasteiger partial charge in [0.25, 0.3) is 0 Å². The van der Waals surface area contributed by atoms with Gasteiger partial charge in [-0.1, -0.05) is 39.0 Å². The highest BCUT2D eigenvalue weighted by Crippen LogP contribution is 2.27. The summed E-state index contributed by atoms with van der Waals surface area (Å²) in [6.07, 6.45) is 8.09. The van der Waals surface area contributed by atoms with E-state index in [-0.39, 0.29) is 17.8 Å². The summed E-state index contributed by atoms with van der Waals surface area (Å²) in [5.41, 5.74) is 0. The van der Waals surface area contributed by atoms with Crippen LogP contribution in [-0.2, 0) is 14.3 Å². The zero-order valence-electron chi connectivity index (χ0n) is 15.3. The Morgan fingerprint density at radius 3 is 2.35 bits per heavy atom. The Balaban J connectivity index is 2.50. The second-order valence-electron chi connectivity index (χ2n) is 7.11. The zero-order chi connectivity index (χ0) is 17.2. The highest BCUT2D eigenvalue weighted by Gasteiger charge is 2.22. The number of methoxy groups -OCH3 is 1. The van der Waals surface area contributed by atoms with Crippen molar-refractivity contribution in [3.8, 4) is 0 Å². The first kappa shape index (κ1) is 19.9. The van der Waals surface area contributed by atoms with E-state index >= 15 is 0 Å². The van der Waals surface area contributed by atoms with Crippen LogP contribution >= 0.6 is 0 Å². The van der Waals surface area contributed by atoms with E-state index < -0.39 is 0 Å². The van der Waals surface area contributed by atoms with E-state index in [4.69, 9.17) is 4.74 Å². The Morgan fingerprint density at radius 2 is 1.78 bits per heavy atom. The van der Waals surface area contributed by atoms with Gasteiger partial charge in [-0.05, 0) is 26.4 Å². The highest BCUT2D eigenvalue weighted by atomic mass is 16.5. The Labute approximate surface area is 141 Å². The van der Waals surface area contributed by atoms with Crippen molar-refractivity contribution in [3.63, 3.8) is 0 Å². The Morgan fingerprint density at radius 1 is 1.13 bits per heavy atom. The first-order valence-corrected chi connectivity index (χ1v) is 8.94. The lowest BCUT2D eigenvalue weighted by Crippen LogP contribution is -2.41. The lowest BCUT2D eigenvalue weighted by molar-refractivity contribution is -0.146. The van der Waals surface area contributed by atoms with Crippen LogP contribution in [0.15, 0.2) is 0 Å². The molecule has 0 aromatic rings. The Bertz CT molecular complexity index is 365. The van der Waals surface area contributed by atoms with Crippen LogP contribution in [-0.4, -0.2) is 62.5 Å². The summed E-state index contributed by atoms with van der Waals surface area (Å²) in [5, 5.41) is 0. The third-order valence-corrected chi connectivity index (χ3v) is 4.76. The van der Waals surface area contributed by atoms with Gasteiger partial charge in [0.05, 0.1) is 13.0 Å². The van der Waals surface area contributed by atoms with E-state index in [0.29, 0.717) is 25.4 Å². The van der Waals surface area contributed by atoms with Crippen molar-refractivity contribution in [1.82, 2.24) is 9.80 Å². The van der Waals surface area contributed by atoms with E-state index in [1.165, 1.54) is 39.2 Å². The van der Waals surface area contributed by atoms with Gasteiger partial charge < -0.3 is 14.5 Å². The minimum Gasteiger partial charge on any atom is -0.469 e. The van der Waals surface area contributed by atoms with E-state index in [0.717, 1.165) is 13.0 Å². The molecule has 0 aromatic carbocycles. The van der Waals surface area contributed by atoms with Crippen molar-refractivity contribution < 1.29 is 14.3 Å². The van der Waals surface area contributed by atoms with Gasteiger partial charge in [-0.25, -0.2) is 0 Å². The third-order valence-electron chi connectivity index (χ3n) is 4.76. The summed E-state index contributed by atoms with van der Waals surface area (Å²) in [6, 6.07) is 0. The average Bonchev–Trinajstić information content (AvgIpc) is 2.56. The van der Waals surface area contributed by atoms with Gasteiger partial charge in [-0.15, -0.1) is 0 Å². The number of ether oxygens (including phenoxy) is 1. The molecule has 0 N–H and O–H groups in total. The molecule has 1 rings (SSSR count). The second kappa shape index (κ2) is 10.6. The van der Waals surface area contributed by atoms with Crippen LogP contribution in [0.1, 0.15) is 51.9 Å². The highest BCUT2D eigenvalue weighted by molar-refractivity contribution is 5.78. The van der Waals surface area contributed by atoms with Crippen LogP contribution in [0.4, 0.5) is 0 Å². The zero-order valence-corrected chi connectivity index (χ0v) is 15.3. The fraction of sp³-hybridized carbons (Fsp3) is 0.889. The van der Waals surface area contributed by atoms with Crippen LogP contribution in [0.5, 0.6) is 0 Å². The average molecular weight is 326 g/mol. The topological polar surface area (TPSA) is 49.9 Å². The smallest absolute Gasteiger partial charge is 0.310 e. The number of amides is 1. The lowest BCUT2D eigenvalue weighted by atomic mass is 9.86. The summed E-state index contributed by atoms with van der Waals surface area (Å²) >= 11 is 0. The first-order chi connectivity index (χ1) is 10.9. The number of hydrogen-bond donors (Lipinski definition) is 0. The predicted octanol–water partition coefficient (Wildman–Crippen LogP) is 2.55. The molecule has 0 heterocycles. The van der Waals surface area contributed by atoms with Gasteiger partial charge in [0.1, 0.15) is 0 Å². The molecule has 1 aliphatic carbocycles. The van der Waals surface area contributed by atoms with Crippen LogP contribution in [0.25, 0.3) is 0 Å². The number of likely N-dealkylation sites (N-methyl/N-ethyl adjacent to an activating group) is 1. The van der Waals surface area contributed by atoms with Crippen LogP contribution in [0.3, 0.4) is 0 Å². The van der Waals surface area contributed by atoms with Gasteiger partial charge >= 0.3 is 5.97 Å². The molecule has 1 unspecified atom stereocenters. The van der Waals surface area contributed by atoms with Gasteiger partial charge in [0.15, 0.2) is 0 Å². The lowest BCUT2D eigenvalue weighted by Gasteiger charge is -2.28. The Kier molecular flexibility index (Phi) is 9.22. The molecule has 23 heavy (non-hydrogen) atoms. The van der Waals surface area contributed by atoms with Crippen molar-refractivity contribution in [2.24, 2.45) is 11.8 Å². The SMILES string of the molecule is COC(=O)C(C)CN(CCN(C)C)C(=O)CCC1CCCCC1. The maximum absolute atomic E-state index is 12.6. The minimum absolute atomic E-state index is 0.174. The monoisotopic (exact) mass is 326 g/mol. The van der Waals surface area contributed by atoms with Crippen LogP contribution in [0.2, 0.25) is 0 Å². The van der Waals surface area contributed by atoms with Crippen LogP contribution in [0, 0.1) is 11.8 Å². The number of nitrogens with zero attached hydrogens (tertiary/aromatic N) is 2. The maximum Gasteiger partial charge on any atom is 0.310 e. The predicted molar refractivity (Wildman–Crippen MR) is 92.1 cm³/mol. The first-order valence-electron chi connectivity index (χ1n) is 8.94. The van der Waals surface area contributed by atoms with Crippen molar-refractivity contribution in [2.75, 3.05) is 40.8 Å². The number of esters is 1. The molecule has 0 spiro atoms. The normalized spacial score (nSPS) is 17.1.